The van der Waals surface area contributed by atoms with Crippen LogP contribution in [0.3, 0.4) is 0 Å². The molecule has 5 nitrogen and oxygen atoms in total. The van der Waals surface area contributed by atoms with Crippen LogP contribution in [-0.4, -0.2) is 31.9 Å². The van der Waals surface area contributed by atoms with Gasteiger partial charge in [-0.05, 0) is 102 Å². The summed E-state index contributed by atoms with van der Waals surface area (Å²) >= 11 is 0. The van der Waals surface area contributed by atoms with Crippen molar-refractivity contribution in [1.82, 2.24) is 4.72 Å². The smallest absolute Gasteiger partial charge is 0.216 e. The maximum Gasteiger partial charge on any atom is 0.216 e. The highest BCUT2D eigenvalue weighted by Gasteiger charge is 2.32. The Kier molecular flexibility index (Phi) is 7.49. The second-order valence-electron chi connectivity index (χ2n) is 9.73. The molecule has 0 amide bonds. The largest absolute Gasteiger partial charge is 0.490 e. The van der Waals surface area contributed by atoms with Crippen LogP contribution < -0.4 is 14.8 Å². The molecule has 0 atom stereocenters. The minimum Gasteiger partial charge on any atom is -0.490 e. The molecule has 0 saturated heterocycles. The lowest BCUT2D eigenvalue weighted by Gasteiger charge is -2.31. The SMILES string of the molecule is CC(C)(C)S(=O)(=O)NC1CCC(CNc2ccc(OC3CCCCC3)cc2)CC1. The van der Waals surface area contributed by atoms with E-state index in [1.165, 1.54) is 32.1 Å². The molecule has 3 rings (SSSR count). The number of rotatable bonds is 7. The van der Waals surface area contributed by atoms with E-state index in [2.05, 4.69) is 34.3 Å². The van der Waals surface area contributed by atoms with Gasteiger partial charge in [-0.3, -0.25) is 0 Å². The Morgan fingerprint density at radius 2 is 1.55 bits per heavy atom. The summed E-state index contributed by atoms with van der Waals surface area (Å²) in [6, 6.07) is 8.40. The molecule has 2 saturated carbocycles. The Morgan fingerprint density at radius 1 is 0.931 bits per heavy atom. The fourth-order valence-corrected chi connectivity index (χ4v) is 5.20. The lowest BCUT2D eigenvalue weighted by atomic mass is 9.86. The Hall–Kier alpha value is -1.27. The van der Waals surface area contributed by atoms with Gasteiger partial charge in [0.25, 0.3) is 0 Å². The standard InChI is InChI=1S/C23H38N2O3S/c1-23(2,3)29(26,27)25-20-11-9-18(10-12-20)17-24-19-13-15-22(16-14-19)28-21-7-5-4-6-8-21/h13-16,18,20-21,24-25H,4-12,17H2,1-3H3. The molecule has 2 aliphatic carbocycles. The third-order valence-electron chi connectivity index (χ3n) is 6.28. The quantitative estimate of drug-likeness (QED) is 0.642. The molecule has 0 radical (unpaired) electrons. The Morgan fingerprint density at radius 3 is 2.14 bits per heavy atom. The maximum absolute atomic E-state index is 12.3. The number of nitrogens with one attached hydrogen (secondary N) is 2. The highest BCUT2D eigenvalue weighted by Crippen LogP contribution is 2.28. The van der Waals surface area contributed by atoms with Crippen molar-refractivity contribution >= 4 is 15.7 Å². The van der Waals surface area contributed by atoms with Crippen LogP contribution in [0.1, 0.15) is 78.6 Å². The molecule has 29 heavy (non-hydrogen) atoms. The first-order valence-electron chi connectivity index (χ1n) is 11.3. The van der Waals surface area contributed by atoms with Crippen molar-refractivity contribution in [3.63, 3.8) is 0 Å². The summed E-state index contributed by atoms with van der Waals surface area (Å²) in [6.07, 6.45) is 10.6. The van der Waals surface area contributed by atoms with Crippen LogP contribution >= 0.6 is 0 Å². The lowest BCUT2D eigenvalue weighted by molar-refractivity contribution is 0.155. The lowest BCUT2D eigenvalue weighted by Crippen LogP contribution is -2.46. The first kappa shape index (κ1) is 22.4. The summed E-state index contributed by atoms with van der Waals surface area (Å²) in [5, 5.41) is 3.54. The molecule has 2 N–H and O–H groups in total. The molecule has 1 aromatic carbocycles. The molecular weight excluding hydrogens is 384 g/mol. The van der Waals surface area contributed by atoms with Gasteiger partial charge in [0.2, 0.25) is 10.0 Å². The summed E-state index contributed by atoms with van der Waals surface area (Å²) in [5.41, 5.74) is 1.12. The van der Waals surface area contributed by atoms with Crippen molar-refractivity contribution in [1.29, 1.82) is 0 Å². The van der Waals surface area contributed by atoms with E-state index < -0.39 is 14.8 Å². The van der Waals surface area contributed by atoms with Gasteiger partial charge in [-0.25, -0.2) is 13.1 Å². The Balaban J connectivity index is 1.39. The highest BCUT2D eigenvalue weighted by molar-refractivity contribution is 7.90. The molecule has 0 bridgehead atoms. The Labute approximate surface area is 177 Å². The van der Waals surface area contributed by atoms with Gasteiger partial charge in [0.1, 0.15) is 5.75 Å². The van der Waals surface area contributed by atoms with E-state index in [1.807, 2.05) is 0 Å². The van der Waals surface area contributed by atoms with Crippen molar-refractivity contribution in [2.45, 2.75) is 95.5 Å². The first-order chi connectivity index (χ1) is 13.7. The maximum atomic E-state index is 12.3. The highest BCUT2D eigenvalue weighted by atomic mass is 32.2. The minimum atomic E-state index is -3.26. The molecule has 1 aromatic rings. The molecular formula is C23H38N2O3S. The summed E-state index contributed by atoms with van der Waals surface area (Å²) in [6.45, 7) is 6.17. The number of benzene rings is 1. The van der Waals surface area contributed by atoms with Gasteiger partial charge in [-0.1, -0.05) is 6.42 Å². The van der Waals surface area contributed by atoms with Gasteiger partial charge in [0.15, 0.2) is 0 Å². The van der Waals surface area contributed by atoms with E-state index >= 15 is 0 Å². The Bertz CT molecular complexity index is 726. The number of sulfonamides is 1. The number of hydrogen-bond acceptors (Lipinski definition) is 4. The van der Waals surface area contributed by atoms with E-state index in [0.29, 0.717) is 12.0 Å². The number of anilines is 1. The van der Waals surface area contributed by atoms with Crippen molar-refractivity contribution in [2.75, 3.05) is 11.9 Å². The van der Waals surface area contributed by atoms with Crippen LogP contribution in [0.25, 0.3) is 0 Å². The average Bonchev–Trinajstić information content (AvgIpc) is 2.68. The normalized spacial score (nSPS) is 24.2. The molecule has 2 fully saturated rings. The number of ether oxygens (including phenoxy) is 1. The van der Waals surface area contributed by atoms with Crippen molar-refractivity contribution in [3.8, 4) is 5.75 Å². The van der Waals surface area contributed by atoms with Gasteiger partial charge in [0.05, 0.1) is 10.9 Å². The van der Waals surface area contributed by atoms with Crippen LogP contribution in [-0.2, 0) is 10.0 Å². The second-order valence-corrected chi connectivity index (χ2v) is 12.2. The molecule has 0 unspecified atom stereocenters. The fraction of sp³-hybridized carbons (Fsp3) is 0.739. The van der Waals surface area contributed by atoms with Gasteiger partial charge >= 0.3 is 0 Å². The van der Waals surface area contributed by atoms with E-state index in [1.54, 1.807) is 20.8 Å². The van der Waals surface area contributed by atoms with Crippen LogP contribution in [0.2, 0.25) is 0 Å². The zero-order valence-corrected chi connectivity index (χ0v) is 19.1. The zero-order chi connectivity index (χ0) is 20.9. The summed E-state index contributed by atoms with van der Waals surface area (Å²) in [4.78, 5) is 0. The predicted molar refractivity (Wildman–Crippen MR) is 120 cm³/mol. The second kappa shape index (κ2) is 9.69. The van der Waals surface area contributed by atoms with Gasteiger partial charge < -0.3 is 10.1 Å². The molecule has 0 aromatic heterocycles. The monoisotopic (exact) mass is 422 g/mol. The first-order valence-corrected chi connectivity index (χ1v) is 12.7. The average molecular weight is 423 g/mol. The minimum absolute atomic E-state index is 0.0756. The van der Waals surface area contributed by atoms with Crippen molar-refractivity contribution in [3.05, 3.63) is 24.3 Å². The summed E-state index contributed by atoms with van der Waals surface area (Å²) in [5.74, 6) is 1.55. The van der Waals surface area contributed by atoms with Crippen molar-refractivity contribution in [2.24, 2.45) is 5.92 Å². The zero-order valence-electron chi connectivity index (χ0n) is 18.2. The fourth-order valence-electron chi connectivity index (χ4n) is 4.17. The predicted octanol–water partition coefficient (Wildman–Crippen LogP) is 5.09. The van der Waals surface area contributed by atoms with E-state index in [9.17, 15) is 8.42 Å². The third-order valence-corrected chi connectivity index (χ3v) is 8.53. The number of hydrogen-bond donors (Lipinski definition) is 2. The van der Waals surface area contributed by atoms with E-state index in [4.69, 9.17) is 4.74 Å². The third kappa shape index (κ3) is 6.61. The molecule has 0 spiro atoms. The summed E-state index contributed by atoms with van der Waals surface area (Å²) in [7, 11) is -3.26. The summed E-state index contributed by atoms with van der Waals surface area (Å²) < 4.78 is 32.9. The van der Waals surface area contributed by atoms with Crippen LogP contribution in [0, 0.1) is 5.92 Å². The van der Waals surface area contributed by atoms with Crippen LogP contribution in [0.5, 0.6) is 5.75 Å². The van der Waals surface area contributed by atoms with Gasteiger partial charge in [0, 0.05) is 18.3 Å². The van der Waals surface area contributed by atoms with Crippen molar-refractivity contribution < 1.29 is 13.2 Å². The van der Waals surface area contributed by atoms with Gasteiger partial charge in [-0.15, -0.1) is 0 Å². The van der Waals surface area contributed by atoms with E-state index in [0.717, 1.165) is 43.7 Å². The van der Waals surface area contributed by atoms with E-state index in [-0.39, 0.29) is 6.04 Å². The molecule has 0 aliphatic heterocycles. The molecule has 2 aliphatic rings. The topological polar surface area (TPSA) is 67.4 Å². The molecule has 164 valence electrons. The molecule has 0 heterocycles. The van der Waals surface area contributed by atoms with Gasteiger partial charge in [-0.2, -0.15) is 0 Å². The van der Waals surface area contributed by atoms with Crippen LogP contribution in [0.4, 0.5) is 5.69 Å². The molecule has 6 heteroatoms. The van der Waals surface area contributed by atoms with Crippen LogP contribution in [0.15, 0.2) is 24.3 Å².